The molecule has 68 valence electrons. The van der Waals surface area contributed by atoms with Gasteiger partial charge in [-0.3, -0.25) is 0 Å². The van der Waals surface area contributed by atoms with Gasteiger partial charge in [0.05, 0.1) is 5.69 Å². The maximum absolute atomic E-state index is 9.60. The third-order valence-electron chi connectivity index (χ3n) is 2.46. The number of para-hydroxylation sites is 1. The standard InChI is InChI=1S/C9H12BNO2/c1-10(13)11-6-5-7-3-2-4-8(12)9(7)11/h2-4,12-13H,5-6H2,1H3. The van der Waals surface area contributed by atoms with Crippen molar-refractivity contribution in [2.45, 2.75) is 13.2 Å². The number of benzene rings is 1. The van der Waals surface area contributed by atoms with E-state index < -0.39 is 7.05 Å². The molecule has 0 bridgehead atoms. The number of anilines is 1. The Hall–Kier alpha value is -1.16. The highest BCUT2D eigenvalue weighted by Crippen LogP contribution is 2.36. The SMILES string of the molecule is CB(O)N1CCc2cccc(O)c21. The Morgan fingerprint density at radius 3 is 2.92 bits per heavy atom. The lowest BCUT2D eigenvalue weighted by Gasteiger charge is -2.20. The summed E-state index contributed by atoms with van der Waals surface area (Å²) in [5, 5.41) is 19.0. The van der Waals surface area contributed by atoms with Crippen molar-refractivity contribution in [1.29, 1.82) is 0 Å². The number of hydrogen-bond donors (Lipinski definition) is 2. The average Bonchev–Trinajstić information content (AvgIpc) is 2.49. The van der Waals surface area contributed by atoms with Gasteiger partial charge >= 0.3 is 7.05 Å². The van der Waals surface area contributed by atoms with E-state index in [0.29, 0.717) is 0 Å². The van der Waals surface area contributed by atoms with E-state index in [1.807, 2.05) is 16.9 Å². The van der Waals surface area contributed by atoms with E-state index >= 15 is 0 Å². The van der Waals surface area contributed by atoms with Gasteiger partial charge in [0, 0.05) is 6.54 Å². The summed E-state index contributed by atoms with van der Waals surface area (Å²) in [7, 11) is -0.533. The van der Waals surface area contributed by atoms with Gasteiger partial charge in [-0.2, -0.15) is 0 Å². The van der Waals surface area contributed by atoms with E-state index in [-0.39, 0.29) is 5.75 Å². The lowest BCUT2D eigenvalue weighted by molar-refractivity contribution is 0.475. The molecule has 1 aliphatic heterocycles. The van der Waals surface area contributed by atoms with Crippen LogP contribution in [0.5, 0.6) is 5.75 Å². The van der Waals surface area contributed by atoms with Crippen LogP contribution in [0.25, 0.3) is 0 Å². The second-order valence-electron chi connectivity index (χ2n) is 3.36. The lowest BCUT2D eigenvalue weighted by atomic mass is 9.85. The fourth-order valence-corrected chi connectivity index (χ4v) is 1.84. The van der Waals surface area contributed by atoms with E-state index in [1.165, 1.54) is 0 Å². The molecule has 4 heteroatoms. The van der Waals surface area contributed by atoms with Gasteiger partial charge in [-0.25, -0.2) is 0 Å². The molecule has 0 aromatic heterocycles. The number of phenols is 1. The van der Waals surface area contributed by atoms with Crippen molar-refractivity contribution in [3.63, 3.8) is 0 Å². The molecule has 2 rings (SSSR count). The summed E-state index contributed by atoms with van der Waals surface area (Å²) >= 11 is 0. The van der Waals surface area contributed by atoms with Gasteiger partial charge in [0.15, 0.2) is 0 Å². The molecule has 0 saturated heterocycles. The summed E-state index contributed by atoms with van der Waals surface area (Å²) in [6.45, 7) is 2.49. The Bertz CT molecular complexity index is 327. The Morgan fingerprint density at radius 2 is 2.23 bits per heavy atom. The Labute approximate surface area is 77.7 Å². The average molecular weight is 177 g/mol. The fourth-order valence-electron chi connectivity index (χ4n) is 1.84. The second-order valence-corrected chi connectivity index (χ2v) is 3.36. The van der Waals surface area contributed by atoms with Crippen LogP contribution in [0.15, 0.2) is 18.2 Å². The minimum atomic E-state index is -0.533. The summed E-state index contributed by atoms with van der Waals surface area (Å²) in [5.41, 5.74) is 1.90. The minimum absolute atomic E-state index is 0.260. The van der Waals surface area contributed by atoms with Crippen LogP contribution in [0.1, 0.15) is 5.56 Å². The van der Waals surface area contributed by atoms with Crippen LogP contribution in [-0.4, -0.2) is 23.7 Å². The summed E-state index contributed by atoms with van der Waals surface area (Å²) in [5.74, 6) is 0.260. The zero-order chi connectivity index (χ0) is 9.42. The minimum Gasteiger partial charge on any atom is -0.506 e. The quantitative estimate of drug-likeness (QED) is 0.625. The smallest absolute Gasteiger partial charge is 0.409 e. The van der Waals surface area contributed by atoms with Crippen LogP contribution in [-0.2, 0) is 6.42 Å². The topological polar surface area (TPSA) is 43.7 Å². The summed E-state index contributed by atoms with van der Waals surface area (Å²) in [4.78, 5) is 1.81. The maximum Gasteiger partial charge on any atom is 0.409 e. The number of phenolic OH excluding ortho intramolecular Hbond substituents is 1. The van der Waals surface area contributed by atoms with Gasteiger partial charge in [0.1, 0.15) is 5.75 Å². The largest absolute Gasteiger partial charge is 0.506 e. The molecule has 0 radical (unpaired) electrons. The molecule has 0 spiro atoms. The lowest BCUT2D eigenvalue weighted by Crippen LogP contribution is -2.35. The highest BCUT2D eigenvalue weighted by atomic mass is 16.3. The van der Waals surface area contributed by atoms with Crippen molar-refractivity contribution >= 4 is 12.7 Å². The van der Waals surface area contributed by atoms with E-state index in [4.69, 9.17) is 0 Å². The molecule has 1 aromatic carbocycles. The van der Waals surface area contributed by atoms with Crippen LogP contribution < -0.4 is 4.81 Å². The van der Waals surface area contributed by atoms with Crippen molar-refractivity contribution in [2.75, 3.05) is 11.4 Å². The summed E-state index contributed by atoms with van der Waals surface area (Å²) in [6, 6.07) is 5.47. The number of hydrogen-bond acceptors (Lipinski definition) is 3. The van der Waals surface area contributed by atoms with Gasteiger partial charge < -0.3 is 14.9 Å². The molecule has 0 aliphatic carbocycles. The first-order valence-corrected chi connectivity index (χ1v) is 4.45. The van der Waals surface area contributed by atoms with Crippen LogP contribution >= 0.6 is 0 Å². The van der Waals surface area contributed by atoms with Crippen LogP contribution in [0.4, 0.5) is 5.69 Å². The van der Waals surface area contributed by atoms with E-state index in [2.05, 4.69) is 0 Å². The second kappa shape index (κ2) is 2.96. The summed E-state index contributed by atoms with van der Waals surface area (Å²) < 4.78 is 0. The zero-order valence-electron chi connectivity index (χ0n) is 7.57. The molecule has 0 atom stereocenters. The third-order valence-corrected chi connectivity index (χ3v) is 2.46. The molecule has 1 aliphatic rings. The molecule has 0 amide bonds. The van der Waals surface area contributed by atoms with Gasteiger partial charge in [-0.05, 0) is 24.9 Å². The third kappa shape index (κ3) is 1.27. The maximum atomic E-state index is 9.60. The molecule has 0 fully saturated rings. The van der Waals surface area contributed by atoms with Crippen LogP contribution in [0, 0.1) is 0 Å². The fraction of sp³-hybridized carbons (Fsp3) is 0.333. The molecule has 1 heterocycles. The monoisotopic (exact) mass is 177 g/mol. The van der Waals surface area contributed by atoms with Crippen molar-refractivity contribution < 1.29 is 10.1 Å². The van der Waals surface area contributed by atoms with Gasteiger partial charge in [0.25, 0.3) is 0 Å². The van der Waals surface area contributed by atoms with Gasteiger partial charge in [-0.15, -0.1) is 0 Å². The Kier molecular flexibility index (Phi) is 1.92. The van der Waals surface area contributed by atoms with Gasteiger partial charge in [0.2, 0.25) is 0 Å². The number of rotatable bonds is 1. The van der Waals surface area contributed by atoms with Gasteiger partial charge in [-0.1, -0.05) is 12.1 Å². The first kappa shape index (κ1) is 8.44. The number of fused-ring (bicyclic) bond motifs is 1. The van der Waals surface area contributed by atoms with Crippen LogP contribution in [0.2, 0.25) is 6.82 Å². The Morgan fingerprint density at radius 1 is 1.46 bits per heavy atom. The van der Waals surface area contributed by atoms with E-state index in [1.54, 1.807) is 12.9 Å². The molecule has 2 N–H and O–H groups in total. The molecule has 1 aromatic rings. The highest BCUT2D eigenvalue weighted by molar-refractivity contribution is 6.54. The first-order valence-electron chi connectivity index (χ1n) is 4.45. The molecule has 0 saturated carbocycles. The highest BCUT2D eigenvalue weighted by Gasteiger charge is 2.27. The predicted molar refractivity (Wildman–Crippen MR) is 53.0 cm³/mol. The van der Waals surface area contributed by atoms with E-state index in [9.17, 15) is 10.1 Å². The molecule has 0 unspecified atom stereocenters. The van der Waals surface area contributed by atoms with Crippen molar-refractivity contribution in [3.05, 3.63) is 23.8 Å². The van der Waals surface area contributed by atoms with E-state index in [0.717, 1.165) is 24.2 Å². The zero-order valence-corrected chi connectivity index (χ0v) is 7.57. The Balaban J connectivity index is 2.46. The summed E-state index contributed by atoms with van der Waals surface area (Å²) in [6.07, 6.45) is 0.897. The van der Waals surface area contributed by atoms with Crippen molar-refractivity contribution in [1.82, 2.24) is 0 Å². The molecular formula is C9H12BNO2. The first-order chi connectivity index (χ1) is 6.20. The van der Waals surface area contributed by atoms with Crippen molar-refractivity contribution in [2.24, 2.45) is 0 Å². The normalized spacial score (nSPS) is 14.5. The molecule has 13 heavy (non-hydrogen) atoms. The van der Waals surface area contributed by atoms with Crippen molar-refractivity contribution in [3.8, 4) is 5.75 Å². The molecule has 3 nitrogen and oxygen atoms in total. The number of aromatic hydroxyl groups is 1. The molecular weight excluding hydrogens is 165 g/mol. The number of nitrogens with zero attached hydrogens (tertiary/aromatic N) is 1. The predicted octanol–water partition coefficient (Wildman–Crippen LogP) is 0.865. The van der Waals surface area contributed by atoms with Crippen LogP contribution in [0.3, 0.4) is 0 Å².